The molecular formula is C28H23ClN4O4S3. The van der Waals surface area contributed by atoms with Crippen LogP contribution in [0.25, 0.3) is 0 Å². The highest BCUT2D eigenvalue weighted by molar-refractivity contribution is 8.00. The highest BCUT2D eigenvalue weighted by Gasteiger charge is 2.47. The molecule has 1 unspecified atom stereocenters. The lowest BCUT2D eigenvalue weighted by molar-refractivity contribution is -0.117. The minimum absolute atomic E-state index is 0.0631. The molecule has 1 atom stereocenters. The number of thiazole rings is 1. The smallest absolute Gasteiger partial charge is 0.296 e. The second-order valence-electron chi connectivity index (χ2n) is 8.68. The average molecular weight is 611 g/mol. The SMILES string of the molecule is C=CCOc1ccccc1C1C(C(=O)c2sc(C)nc2C)=C(O)C(=O)N1c1nnc(SCc2ccccc2Cl)s1. The van der Waals surface area contributed by atoms with Gasteiger partial charge in [0.15, 0.2) is 10.1 Å². The zero-order valence-electron chi connectivity index (χ0n) is 21.5. The number of aryl methyl sites for hydroxylation is 2. The molecule has 12 heteroatoms. The Hall–Kier alpha value is -3.51. The first-order chi connectivity index (χ1) is 19.3. The Morgan fingerprint density at radius 1 is 1.18 bits per heavy atom. The molecule has 4 aromatic rings. The average Bonchev–Trinajstić information content (AvgIpc) is 3.62. The van der Waals surface area contributed by atoms with E-state index >= 15 is 0 Å². The highest BCUT2D eigenvalue weighted by Crippen LogP contribution is 2.46. The van der Waals surface area contributed by atoms with Crippen molar-refractivity contribution in [2.24, 2.45) is 0 Å². The number of Topliss-reactive ketones (excluding diaryl/α,β-unsaturated/α-hetero) is 1. The van der Waals surface area contributed by atoms with Crippen LogP contribution in [0.3, 0.4) is 0 Å². The van der Waals surface area contributed by atoms with Gasteiger partial charge in [0.25, 0.3) is 5.91 Å². The van der Waals surface area contributed by atoms with Crippen LogP contribution in [-0.4, -0.2) is 38.6 Å². The van der Waals surface area contributed by atoms with Crippen molar-refractivity contribution in [3.8, 4) is 5.75 Å². The number of para-hydroxylation sites is 1. The summed E-state index contributed by atoms with van der Waals surface area (Å²) in [6.07, 6.45) is 1.60. The van der Waals surface area contributed by atoms with E-state index in [1.165, 1.54) is 39.3 Å². The van der Waals surface area contributed by atoms with Gasteiger partial charge in [0.1, 0.15) is 18.4 Å². The van der Waals surface area contributed by atoms with Gasteiger partial charge in [-0.05, 0) is 31.5 Å². The topological polar surface area (TPSA) is 106 Å². The lowest BCUT2D eigenvalue weighted by Crippen LogP contribution is -2.31. The second kappa shape index (κ2) is 11.9. The largest absolute Gasteiger partial charge is 0.503 e. The fourth-order valence-electron chi connectivity index (χ4n) is 4.29. The van der Waals surface area contributed by atoms with E-state index in [1.54, 1.807) is 44.2 Å². The van der Waals surface area contributed by atoms with E-state index in [2.05, 4.69) is 21.8 Å². The van der Waals surface area contributed by atoms with Crippen LogP contribution in [0.4, 0.5) is 5.13 Å². The number of amides is 1. The summed E-state index contributed by atoms with van der Waals surface area (Å²) in [6.45, 7) is 7.45. The molecule has 2 aromatic carbocycles. The van der Waals surface area contributed by atoms with E-state index in [4.69, 9.17) is 16.3 Å². The number of hydrogen-bond acceptors (Lipinski definition) is 10. The monoisotopic (exact) mass is 610 g/mol. The Morgan fingerprint density at radius 2 is 1.93 bits per heavy atom. The molecule has 5 rings (SSSR count). The molecule has 1 aliphatic rings. The number of rotatable bonds is 10. The predicted molar refractivity (Wildman–Crippen MR) is 159 cm³/mol. The molecule has 1 amide bonds. The van der Waals surface area contributed by atoms with Gasteiger partial charge < -0.3 is 9.84 Å². The summed E-state index contributed by atoms with van der Waals surface area (Å²) in [7, 11) is 0. The number of anilines is 1. The first-order valence-electron chi connectivity index (χ1n) is 12.1. The summed E-state index contributed by atoms with van der Waals surface area (Å²) < 4.78 is 6.49. The number of benzene rings is 2. The van der Waals surface area contributed by atoms with Crippen molar-refractivity contribution in [3.63, 3.8) is 0 Å². The highest BCUT2D eigenvalue weighted by atomic mass is 35.5. The number of nitrogens with zero attached hydrogens (tertiary/aromatic N) is 4. The van der Waals surface area contributed by atoms with Crippen molar-refractivity contribution in [2.45, 2.75) is 30.0 Å². The number of aliphatic hydroxyl groups is 1. The Balaban J connectivity index is 1.56. The van der Waals surface area contributed by atoms with Crippen molar-refractivity contribution in [1.29, 1.82) is 0 Å². The maximum atomic E-state index is 13.9. The van der Waals surface area contributed by atoms with Gasteiger partial charge in [0, 0.05) is 16.3 Å². The van der Waals surface area contributed by atoms with Gasteiger partial charge in [-0.3, -0.25) is 14.5 Å². The minimum atomic E-state index is -1.00. The van der Waals surface area contributed by atoms with Crippen LogP contribution in [0, 0.1) is 13.8 Å². The van der Waals surface area contributed by atoms with E-state index in [-0.39, 0.29) is 17.3 Å². The van der Waals surface area contributed by atoms with Gasteiger partial charge in [-0.1, -0.05) is 83.8 Å². The van der Waals surface area contributed by atoms with Crippen LogP contribution in [0.15, 0.2) is 76.9 Å². The van der Waals surface area contributed by atoms with Crippen molar-refractivity contribution in [1.82, 2.24) is 15.2 Å². The molecule has 1 N–H and O–H groups in total. The van der Waals surface area contributed by atoms with E-state index in [0.29, 0.717) is 42.0 Å². The van der Waals surface area contributed by atoms with Crippen LogP contribution in [0.2, 0.25) is 5.02 Å². The van der Waals surface area contributed by atoms with Gasteiger partial charge in [-0.2, -0.15) is 0 Å². The second-order valence-corrected chi connectivity index (χ2v) is 12.5. The van der Waals surface area contributed by atoms with Crippen molar-refractivity contribution in [2.75, 3.05) is 11.5 Å². The summed E-state index contributed by atoms with van der Waals surface area (Å²) in [5, 5.41) is 21.3. The van der Waals surface area contributed by atoms with Crippen LogP contribution in [0.5, 0.6) is 5.75 Å². The molecule has 0 fully saturated rings. The molecular weight excluding hydrogens is 588 g/mol. The first-order valence-corrected chi connectivity index (χ1v) is 15.1. The van der Waals surface area contributed by atoms with Gasteiger partial charge >= 0.3 is 0 Å². The fourth-order valence-corrected chi connectivity index (χ4v) is 7.32. The molecule has 8 nitrogen and oxygen atoms in total. The van der Waals surface area contributed by atoms with Gasteiger partial charge in [-0.15, -0.1) is 21.5 Å². The number of halogens is 1. The number of ether oxygens (including phenoxy) is 1. The Labute approximate surface area is 248 Å². The van der Waals surface area contributed by atoms with Crippen LogP contribution in [0.1, 0.15) is 37.5 Å². The molecule has 204 valence electrons. The van der Waals surface area contributed by atoms with Gasteiger partial charge in [0.2, 0.25) is 10.9 Å². The van der Waals surface area contributed by atoms with Crippen LogP contribution >= 0.6 is 46.0 Å². The predicted octanol–water partition coefficient (Wildman–Crippen LogP) is 6.90. The van der Waals surface area contributed by atoms with E-state index in [9.17, 15) is 14.7 Å². The third-order valence-electron chi connectivity index (χ3n) is 6.04. The van der Waals surface area contributed by atoms with Crippen LogP contribution in [-0.2, 0) is 10.5 Å². The Morgan fingerprint density at radius 3 is 2.65 bits per heavy atom. The molecule has 2 aromatic heterocycles. The van der Waals surface area contributed by atoms with Crippen molar-refractivity contribution in [3.05, 3.63) is 104 Å². The minimum Gasteiger partial charge on any atom is -0.503 e. The number of carbonyl (C=O) groups excluding carboxylic acids is 2. The fraction of sp³-hybridized carbons (Fsp3) is 0.179. The van der Waals surface area contributed by atoms with Crippen LogP contribution < -0.4 is 9.64 Å². The first kappa shape index (κ1) is 28.0. The number of ketones is 1. The third-order valence-corrected chi connectivity index (χ3v) is 9.59. The third kappa shape index (κ3) is 5.42. The molecule has 3 heterocycles. The maximum absolute atomic E-state index is 13.9. The number of carbonyl (C=O) groups is 2. The lowest BCUT2D eigenvalue weighted by atomic mass is 9.94. The quantitative estimate of drug-likeness (QED) is 0.0894. The standard InChI is InChI=1S/C28H23ClN4O4S3/c1-4-13-37-20-12-8-6-10-18(20)22-21(23(34)25-15(2)30-16(3)39-25)24(35)26(36)33(22)27-31-32-28(40-27)38-14-17-9-5-7-11-19(17)29/h4-12,22,35H,1,13-14H2,2-3H3. The Kier molecular flexibility index (Phi) is 8.36. The summed E-state index contributed by atoms with van der Waals surface area (Å²) in [6, 6.07) is 13.6. The molecule has 0 radical (unpaired) electrons. The van der Waals surface area contributed by atoms with Crippen molar-refractivity contribution < 1.29 is 19.4 Å². The molecule has 0 aliphatic carbocycles. The lowest BCUT2D eigenvalue weighted by Gasteiger charge is -2.25. The van der Waals surface area contributed by atoms with E-state index < -0.39 is 23.5 Å². The molecule has 0 bridgehead atoms. The summed E-state index contributed by atoms with van der Waals surface area (Å²) >= 11 is 10.1. The summed E-state index contributed by atoms with van der Waals surface area (Å²) in [5.41, 5.74) is 1.93. The zero-order valence-corrected chi connectivity index (χ0v) is 24.7. The van der Waals surface area contributed by atoms with E-state index in [1.807, 2.05) is 24.3 Å². The van der Waals surface area contributed by atoms with Gasteiger partial charge in [0.05, 0.1) is 21.2 Å². The van der Waals surface area contributed by atoms with Crippen molar-refractivity contribution >= 4 is 62.9 Å². The molecule has 0 saturated carbocycles. The molecule has 0 saturated heterocycles. The number of hydrogen-bond donors (Lipinski definition) is 1. The zero-order chi connectivity index (χ0) is 28.4. The molecule has 40 heavy (non-hydrogen) atoms. The Bertz CT molecular complexity index is 1650. The normalized spacial score (nSPS) is 15.1. The number of aliphatic hydroxyl groups excluding tert-OH is 1. The summed E-state index contributed by atoms with van der Waals surface area (Å²) in [5.74, 6) is -0.858. The van der Waals surface area contributed by atoms with E-state index in [0.717, 1.165) is 5.56 Å². The molecule has 0 spiro atoms. The maximum Gasteiger partial charge on any atom is 0.296 e. The number of aromatic nitrogens is 3. The summed E-state index contributed by atoms with van der Waals surface area (Å²) in [4.78, 5) is 33.5. The molecule has 1 aliphatic heterocycles. The van der Waals surface area contributed by atoms with Gasteiger partial charge in [-0.25, -0.2) is 4.98 Å². The number of thioether (sulfide) groups is 1.